The molecule has 1 unspecified atom stereocenters. The first-order chi connectivity index (χ1) is 16.0. The molecule has 11 heteroatoms. The summed E-state index contributed by atoms with van der Waals surface area (Å²) in [5.74, 6) is 0.306. The van der Waals surface area contributed by atoms with Gasteiger partial charge in [-0.3, -0.25) is 0 Å². The topological polar surface area (TPSA) is 88.1 Å². The summed E-state index contributed by atoms with van der Waals surface area (Å²) in [7, 11) is 0. The Morgan fingerprint density at radius 2 is 1.88 bits per heavy atom. The fourth-order valence-electron chi connectivity index (χ4n) is 3.43. The van der Waals surface area contributed by atoms with Crippen LogP contribution in [-0.4, -0.2) is 19.5 Å². The second-order valence-corrected chi connectivity index (χ2v) is 9.71. The molecule has 1 aliphatic rings. The van der Waals surface area contributed by atoms with E-state index in [1.165, 1.54) is 18.1 Å². The molecule has 0 bridgehead atoms. The number of anilines is 1. The third-order valence-electron chi connectivity index (χ3n) is 5.03. The van der Waals surface area contributed by atoms with E-state index in [0.717, 1.165) is 15.6 Å². The van der Waals surface area contributed by atoms with Gasteiger partial charge in [0.1, 0.15) is 12.6 Å². The zero-order chi connectivity index (χ0) is 22.9. The summed E-state index contributed by atoms with van der Waals surface area (Å²) in [5, 5.41) is 2.43. The van der Waals surface area contributed by atoms with Crippen molar-refractivity contribution in [3.63, 3.8) is 0 Å². The minimum absolute atomic E-state index is 0.306. The van der Waals surface area contributed by atoms with Gasteiger partial charge in [0.2, 0.25) is 5.09 Å². The molecule has 168 valence electrons. The lowest BCUT2D eigenvalue weighted by molar-refractivity contribution is -0.0278. The van der Waals surface area contributed by atoms with Gasteiger partial charge in [-0.05, 0) is 41.9 Å². The van der Waals surface area contributed by atoms with Gasteiger partial charge in [-0.25, -0.2) is 15.0 Å². The van der Waals surface area contributed by atoms with Gasteiger partial charge >= 0.3 is 0 Å². The second kappa shape index (κ2) is 9.42. The van der Waals surface area contributed by atoms with Gasteiger partial charge in [0.15, 0.2) is 22.1 Å². The molecule has 1 atom stereocenters. The number of benzene rings is 2. The van der Waals surface area contributed by atoms with Crippen LogP contribution in [0.15, 0.2) is 69.8 Å². The molecular formula is C22H16BrCl2N5O2S. The van der Waals surface area contributed by atoms with Crippen LogP contribution < -0.4 is 5.73 Å². The number of imidazole rings is 1. The average molecular weight is 565 g/mol. The van der Waals surface area contributed by atoms with Gasteiger partial charge < -0.3 is 19.8 Å². The zero-order valence-corrected chi connectivity index (χ0v) is 20.8. The number of fused-ring (bicyclic) bond motifs is 1. The van der Waals surface area contributed by atoms with E-state index in [9.17, 15) is 0 Å². The highest BCUT2D eigenvalue weighted by atomic mass is 79.9. The predicted octanol–water partition coefficient (Wildman–Crippen LogP) is 6.36. The van der Waals surface area contributed by atoms with E-state index in [0.29, 0.717) is 50.2 Å². The summed E-state index contributed by atoms with van der Waals surface area (Å²) in [6.45, 7) is 0.528. The number of aryl methyl sites for hydroxylation is 1. The summed E-state index contributed by atoms with van der Waals surface area (Å²) < 4.78 is 14.6. The van der Waals surface area contributed by atoms with E-state index in [2.05, 4.69) is 30.9 Å². The van der Waals surface area contributed by atoms with Crippen LogP contribution in [0, 0.1) is 0 Å². The third kappa shape index (κ3) is 4.50. The molecule has 4 aromatic rings. The molecule has 0 radical (unpaired) electrons. The van der Waals surface area contributed by atoms with Crippen molar-refractivity contribution >= 4 is 67.9 Å². The summed E-state index contributed by atoms with van der Waals surface area (Å²) in [6.07, 6.45) is 3.03. The first-order valence-corrected chi connectivity index (χ1v) is 12.2. The Kier molecular flexibility index (Phi) is 6.38. The monoisotopic (exact) mass is 563 g/mol. The van der Waals surface area contributed by atoms with Crippen LogP contribution in [0.5, 0.6) is 0 Å². The number of nitrogens with two attached hydrogens (primary N) is 1. The van der Waals surface area contributed by atoms with Crippen LogP contribution in [0.25, 0.3) is 11.2 Å². The number of ether oxygens (including phenoxy) is 2. The quantitative estimate of drug-likeness (QED) is 0.291. The van der Waals surface area contributed by atoms with E-state index < -0.39 is 6.29 Å². The Morgan fingerprint density at radius 1 is 1.09 bits per heavy atom. The van der Waals surface area contributed by atoms with E-state index >= 15 is 0 Å². The molecule has 0 spiro atoms. The lowest BCUT2D eigenvalue weighted by atomic mass is 10.1. The highest BCUT2D eigenvalue weighted by molar-refractivity contribution is 9.10. The lowest BCUT2D eigenvalue weighted by Crippen LogP contribution is -2.05. The molecule has 2 N–H and O–H groups in total. The molecule has 0 saturated heterocycles. The van der Waals surface area contributed by atoms with Crippen molar-refractivity contribution in [3.05, 3.63) is 85.8 Å². The fraction of sp³-hybridized carbons (Fsp3) is 0.136. The van der Waals surface area contributed by atoms with Crippen molar-refractivity contribution in [2.75, 3.05) is 5.73 Å². The minimum Gasteiger partial charge on any atom is -0.454 e. The van der Waals surface area contributed by atoms with Gasteiger partial charge in [0.25, 0.3) is 6.29 Å². The van der Waals surface area contributed by atoms with Crippen LogP contribution >= 0.6 is 50.9 Å². The van der Waals surface area contributed by atoms with Crippen molar-refractivity contribution in [2.45, 2.75) is 24.4 Å². The number of hydrogen-bond acceptors (Lipinski definition) is 7. The number of aromatic nitrogens is 4. The normalized spacial score (nSPS) is 15.4. The summed E-state index contributed by atoms with van der Waals surface area (Å²) >= 11 is 17.6. The fourth-order valence-corrected chi connectivity index (χ4v) is 5.33. The molecule has 1 aliphatic heterocycles. The van der Waals surface area contributed by atoms with Crippen molar-refractivity contribution in [1.82, 2.24) is 19.5 Å². The Labute approximate surface area is 212 Å². The summed E-state index contributed by atoms with van der Waals surface area (Å²) in [4.78, 5) is 13.1. The van der Waals surface area contributed by atoms with Crippen molar-refractivity contribution in [2.24, 2.45) is 0 Å². The van der Waals surface area contributed by atoms with Gasteiger partial charge in [-0.15, -0.1) is 0 Å². The number of thioether (sulfide) groups is 1. The first-order valence-electron chi connectivity index (χ1n) is 9.85. The maximum Gasteiger partial charge on any atom is 0.268 e. The Hall–Kier alpha value is -2.46. The molecule has 7 nitrogen and oxygen atoms in total. The highest BCUT2D eigenvalue weighted by Gasteiger charge is 2.26. The maximum atomic E-state index is 6.37. The number of rotatable bonds is 6. The molecule has 0 fully saturated rings. The molecule has 0 saturated carbocycles. The number of nitrogens with zero attached hydrogens (tertiary/aromatic N) is 4. The minimum atomic E-state index is -0.548. The Balaban J connectivity index is 1.42. The molecular weight excluding hydrogens is 549 g/mol. The van der Waals surface area contributed by atoms with E-state index in [-0.39, 0.29) is 0 Å². The van der Waals surface area contributed by atoms with Crippen LogP contribution in [-0.2, 0) is 22.4 Å². The van der Waals surface area contributed by atoms with Crippen molar-refractivity contribution in [1.29, 1.82) is 0 Å². The van der Waals surface area contributed by atoms with Crippen LogP contribution in [0.3, 0.4) is 0 Å². The van der Waals surface area contributed by atoms with E-state index in [1.807, 2.05) is 47.0 Å². The zero-order valence-electron chi connectivity index (χ0n) is 16.9. The van der Waals surface area contributed by atoms with Crippen molar-refractivity contribution < 1.29 is 9.47 Å². The van der Waals surface area contributed by atoms with Crippen molar-refractivity contribution in [3.8, 4) is 0 Å². The molecule has 2 aromatic heterocycles. The number of halogens is 3. The van der Waals surface area contributed by atoms with Crippen LogP contribution in [0.1, 0.15) is 17.4 Å². The van der Waals surface area contributed by atoms with Gasteiger partial charge in [0.05, 0.1) is 0 Å². The SMILES string of the molecule is Nc1ncnc2c1nc(SC1=COC(c3ccccc3Br)O1)n2CCc1c(Cl)cccc1Cl. The first kappa shape index (κ1) is 22.3. The smallest absolute Gasteiger partial charge is 0.268 e. The standard InChI is InChI=1S/C22H16BrCl2N5O2S/c23-14-5-2-1-4-12(14)21-31-10-17(32-21)33-22-29-18-19(26)27-11-28-20(18)30(22)9-8-13-15(24)6-3-7-16(13)25/h1-7,10-11,21H,8-9H2,(H2,26,27,28). The Morgan fingerprint density at radius 3 is 2.67 bits per heavy atom. The summed E-state index contributed by atoms with van der Waals surface area (Å²) in [5.41, 5.74) is 8.95. The average Bonchev–Trinajstić information content (AvgIpc) is 3.40. The summed E-state index contributed by atoms with van der Waals surface area (Å²) in [6, 6.07) is 13.2. The van der Waals surface area contributed by atoms with Crippen LogP contribution in [0.2, 0.25) is 10.0 Å². The Bertz CT molecular complexity index is 1360. The van der Waals surface area contributed by atoms with E-state index in [1.54, 1.807) is 6.26 Å². The highest BCUT2D eigenvalue weighted by Crippen LogP contribution is 2.40. The van der Waals surface area contributed by atoms with Gasteiger partial charge in [0, 0.05) is 26.6 Å². The third-order valence-corrected chi connectivity index (χ3v) is 7.35. The van der Waals surface area contributed by atoms with Crippen LogP contribution in [0.4, 0.5) is 5.82 Å². The molecule has 2 aromatic carbocycles. The molecule has 33 heavy (non-hydrogen) atoms. The maximum absolute atomic E-state index is 6.37. The second-order valence-electron chi connectivity index (χ2n) is 7.07. The molecule has 0 aliphatic carbocycles. The molecule has 3 heterocycles. The van der Waals surface area contributed by atoms with Gasteiger partial charge in [-0.1, -0.05) is 63.4 Å². The number of nitrogen functional groups attached to an aromatic ring is 1. The largest absolute Gasteiger partial charge is 0.454 e. The van der Waals surface area contributed by atoms with Gasteiger partial charge in [-0.2, -0.15) is 0 Å². The predicted molar refractivity (Wildman–Crippen MR) is 133 cm³/mol. The molecule has 5 rings (SSSR count). The molecule has 0 amide bonds. The number of hydrogen-bond donors (Lipinski definition) is 1. The lowest BCUT2D eigenvalue weighted by Gasteiger charge is -2.14. The van der Waals surface area contributed by atoms with E-state index in [4.69, 9.17) is 38.4 Å².